The topological polar surface area (TPSA) is 69.6 Å². The second kappa shape index (κ2) is 35.9. The van der Waals surface area contributed by atoms with Crippen molar-refractivity contribution in [1.82, 2.24) is 5.32 Å². The van der Waals surface area contributed by atoms with Crippen molar-refractivity contribution in [1.29, 1.82) is 0 Å². The van der Waals surface area contributed by atoms with Crippen molar-refractivity contribution >= 4 is 5.91 Å². The lowest BCUT2D eigenvalue weighted by Gasteiger charge is -2.22. The van der Waals surface area contributed by atoms with E-state index in [1.807, 2.05) is 0 Å². The van der Waals surface area contributed by atoms with Gasteiger partial charge in [-0.15, -0.1) is 0 Å². The summed E-state index contributed by atoms with van der Waals surface area (Å²) in [6.45, 7) is 4.37. The molecule has 0 aliphatic carbocycles. The Labute approximate surface area is 270 Å². The van der Waals surface area contributed by atoms with Crippen LogP contribution in [-0.4, -0.2) is 34.9 Å². The summed E-state index contributed by atoms with van der Waals surface area (Å²) in [5, 5.41) is 23.1. The third kappa shape index (κ3) is 32.6. The van der Waals surface area contributed by atoms with Crippen LogP contribution in [0.4, 0.5) is 0 Å². The van der Waals surface area contributed by atoms with E-state index in [0.717, 1.165) is 25.7 Å². The monoisotopic (exact) mass is 610 g/mol. The van der Waals surface area contributed by atoms with E-state index < -0.39 is 12.1 Å². The van der Waals surface area contributed by atoms with E-state index >= 15 is 0 Å². The molecule has 0 unspecified atom stereocenters. The van der Waals surface area contributed by atoms with Gasteiger partial charge >= 0.3 is 0 Å². The van der Waals surface area contributed by atoms with Crippen LogP contribution in [0.2, 0.25) is 0 Å². The van der Waals surface area contributed by atoms with E-state index in [-0.39, 0.29) is 12.5 Å². The summed E-state index contributed by atoms with van der Waals surface area (Å²) in [5.41, 5.74) is 0. The van der Waals surface area contributed by atoms with Crippen LogP contribution in [0, 0.1) is 0 Å². The van der Waals surface area contributed by atoms with Crippen LogP contribution < -0.4 is 5.32 Å². The lowest BCUT2D eigenvalue weighted by atomic mass is 10.0. The molecule has 0 aliphatic rings. The first-order chi connectivity index (χ1) is 21.2. The van der Waals surface area contributed by atoms with Gasteiger partial charge in [-0.05, 0) is 12.8 Å². The molecule has 0 fully saturated rings. The maximum absolute atomic E-state index is 12.3. The molecule has 0 heterocycles. The zero-order valence-corrected chi connectivity index (χ0v) is 29.5. The van der Waals surface area contributed by atoms with E-state index in [4.69, 9.17) is 0 Å². The average molecular weight is 610 g/mol. The van der Waals surface area contributed by atoms with Crippen LogP contribution in [0.1, 0.15) is 226 Å². The highest BCUT2D eigenvalue weighted by atomic mass is 16.3. The van der Waals surface area contributed by atoms with E-state index in [1.54, 1.807) is 0 Å². The number of carbonyl (C=O) groups is 1. The van der Waals surface area contributed by atoms with Crippen LogP contribution in [-0.2, 0) is 4.79 Å². The van der Waals surface area contributed by atoms with Crippen LogP contribution in [0.3, 0.4) is 0 Å². The quantitative estimate of drug-likeness (QED) is 0.0619. The second-order valence-electron chi connectivity index (χ2n) is 13.7. The van der Waals surface area contributed by atoms with Crippen LogP contribution in [0.25, 0.3) is 0 Å². The molecular formula is C39H79NO3. The van der Waals surface area contributed by atoms with Crippen molar-refractivity contribution in [2.45, 2.75) is 238 Å². The highest BCUT2D eigenvalue weighted by Gasteiger charge is 2.19. The molecule has 4 nitrogen and oxygen atoms in total. The summed E-state index contributed by atoms with van der Waals surface area (Å²) in [5.74, 6) is -0.0278. The van der Waals surface area contributed by atoms with Gasteiger partial charge in [0.2, 0.25) is 5.91 Å². The first-order valence-corrected chi connectivity index (χ1v) is 19.7. The minimum Gasteiger partial charge on any atom is -0.394 e. The zero-order chi connectivity index (χ0) is 31.5. The fourth-order valence-electron chi connectivity index (χ4n) is 6.30. The van der Waals surface area contributed by atoms with E-state index in [0.29, 0.717) is 12.8 Å². The first-order valence-electron chi connectivity index (χ1n) is 19.7. The molecule has 43 heavy (non-hydrogen) atoms. The number of nitrogens with one attached hydrogen (secondary N) is 1. The van der Waals surface area contributed by atoms with Crippen LogP contribution in [0.5, 0.6) is 0 Å². The Morgan fingerprint density at radius 2 is 0.744 bits per heavy atom. The Bertz CT molecular complexity index is 541. The molecule has 3 N–H and O–H groups in total. The number of rotatable bonds is 36. The third-order valence-electron chi connectivity index (χ3n) is 9.37. The van der Waals surface area contributed by atoms with E-state index in [1.165, 1.54) is 173 Å². The molecule has 0 saturated carbocycles. The van der Waals surface area contributed by atoms with Gasteiger partial charge in [-0.2, -0.15) is 0 Å². The molecule has 4 heteroatoms. The van der Waals surface area contributed by atoms with Gasteiger partial charge in [0.1, 0.15) is 0 Å². The van der Waals surface area contributed by atoms with E-state index in [9.17, 15) is 15.0 Å². The van der Waals surface area contributed by atoms with Crippen molar-refractivity contribution in [3.63, 3.8) is 0 Å². The Kier molecular flexibility index (Phi) is 35.4. The summed E-state index contributed by atoms with van der Waals surface area (Å²) in [4.78, 5) is 12.3. The number of unbranched alkanes of at least 4 members (excludes halogenated alkanes) is 29. The SMILES string of the molecule is CCCCCCCCCCCCCCCCCCCCC(=O)N[C@@H](CO)[C@H](O)CCCCCCCCCCCCCCC. The Hall–Kier alpha value is -0.610. The summed E-state index contributed by atoms with van der Waals surface area (Å²) < 4.78 is 0. The highest BCUT2D eigenvalue weighted by Crippen LogP contribution is 2.16. The first kappa shape index (κ1) is 42.4. The number of hydrogen-bond acceptors (Lipinski definition) is 3. The fourth-order valence-corrected chi connectivity index (χ4v) is 6.30. The minimum absolute atomic E-state index is 0.0278. The predicted octanol–water partition coefficient (Wildman–Crippen LogP) is 11.7. The van der Waals surface area contributed by atoms with Crippen molar-refractivity contribution in [3.8, 4) is 0 Å². The lowest BCUT2D eigenvalue weighted by Crippen LogP contribution is -2.45. The summed E-state index contributed by atoms with van der Waals surface area (Å²) >= 11 is 0. The molecule has 0 rings (SSSR count). The van der Waals surface area contributed by atoms with Gasteiger partial charge in [-0.25, -0.2) is 0 Å². The van der Waals surface area contributed by atoms with E-state index in [2.05, 4.69) is 19.2 Å². The van der Waals surface area contributed by atoms with Crippen LogP contribution >= 0.6 is 0 Å². The standard InChI is InChI=1S/C39H79NO3/c1-3-5-7-9-11-13-15-17-18-19-20-21-23-25-27-29-31-33-35-39(43)40-37(36-41)38(42)34-32-30-28-26-24-22-16-14-12-10-8-6-4-2/h37-38,41-42H,3-36H2,1-2H3,(H,40,43)/t37-,38+/m0/s1. The molecule has 0 aromatic rings. The van der Waals surface area contributed by atoms with Gasteiger partial charge < -0.3 is 15.5 Å². The molecule has 0 radical (unpaired) electrons. The smallest absolute Gasteiger partial charge is 0.220 e. The largest absolute Gasteiger partial charge is 0.394 e. The maximum atomic E-state index is 12.3. The number of aliphatic hydroxyl groups excluding tert-OH is 2. The highest BCUT2D eigenvalue weighted by molar-refractivity contribution is 5.76. The Balaban J connectivity index is 3.49. The molecule has 0 spiro atoms. The molecule has 0 aliphatic heterocycles. The van der Waals surface area contributed by atoms with Crippen molar-refractivity contribution in [2.75, 3.05) is 6.61 Å². The lowest BCUT2D eigenvalue weighted by molar-refractivity contribution is -0.123. The van der Waals surface area contributed by atoms with Gasteiger partial charge in [0.15, 0.2) is 0 Å². The Morgan fingerprint density at radius 3 is 1.05 bits per heavy atom. The molecule has 258 valence electrons. The van der Waals surface area contributed by atoms with Gasteiger partial charge in [0.25, 0.3) is 0 Å². The molecule has 1 amide bonds. The third-order valence-corrected chi connectivity index (χ3v) is 9.37. The Morgan fingerprint density at radius 1 is 0.465 bits per heavy atom. The fraction of sp³-hybridized carbons (Fsp3) is 0.974. The molecule has 0 bridgehead atoms. The number of amides is 1. The van der Waals surface area contributed by atoms with Crippen LogP contribution in [0.15, 0.2) is 0 Å². The molecule has 2 atom stereocenters. The molecule has 0 aromatic carbocycles. The van der Waals surface area contributed by atoms with Crippen molar-refractivity contribution in [3.05, 3.63) is 0 Å². The predicted molar refractivity (Wildman–Crippen MR) is 189 cm³/mol. The van der Waals surface area contributed by atoms with Gasteiger partial charge in [-0.3, -0.25) is 4.79 Å². The van der Waals surface area contributed by atoms with Gasteiger partial charge in [-0.1, -0.05) is 206 Å². The summed E-state index contributed by atoms with van der Waals surface area (Å²) in [7, 11) is 0. The second-order valence-corrected chi connectivity index (χ2v) is 13.7. The number of carbonyl (C=O) groups excluding carboxylic acids is 1. The number of aliphatic hydroxyl groups is 2. The summed E-state index contributed by atoms with van der Waals surface area (Å²) in [6.07, 6.45) is 41.6. The average Bonchev–Trinajstić information content (AvgIpc) is 3.01. The molecule has 0 saturated heterocycles. The summed E-state index contributed by atoms with van der Waals surface area (Å²) in [6, 6.07) is -0.527. The van der Waals surface area contributed by atoms with Gasteiger partial charge in [0.05, 0.1) is 18.8 Å². The maximum Gasteiger partial charge on any atom is 0.220 e. The van der Waals surface area contributed by atoms with Crippen molar-refractivity contribution in [2.24, 2.45) is 0 Å². The zero-order valence-electron chi connectivity index (χ0n) is 29.5. The van der Waals surface area contributed by atoms with Gasteiger partial charge in [0, 0.05) is 6.42 Å². The molecular weight excluding hydrogens is 530 g/mol. The number of hydrogen-bond donors (Lipinski definition) is 3. The van der Waals surface area contributed by atoms with Crippen molar-refractivity contribution < 1.29 is 15.0 Å². The molecule has 0 aromatic heterocycles. The normalized spacial score (nSPS) is 12.9. The minimum atomic E-state index is -0.651.